The van der Waals surface area contributed by atoms with Crippen LogP contribution in [0.4, 0.5) is 0 Å². The topological polar surface area (TPSA) is 108 Å². The van der Waals surface area contributed by atoms with Crippen molar-refractivity contribution < 1.29 is 14.4 Å². The van der Waals surface area contributed by atoms with Gasteiger partial charge in [0, 0.05) is 5.56 Å². The highest BCUT2D eigenvalue weighted by atomic mass is 16.2. The fraction of sp³-hybridized carbons (Fsp3) is 0.150. The van der Waals surface area contributed by atoms with Crippen LogP contribution in [0.1, 0.15) is 55.4 Å². The summed E-state index contributed by atoms with van der Waals surface area (Å²) in [6, 6.07) is 13.3. The SMILES string of the molecule is CC(NC(=O)c1cccc(CN2C(=O)c3ccccc3C2=O)c1)c1ncn[nH]1. The number of H-pyrrole nitrogens is 1. The first kappa shape index (κ1) is 17.6. The Bertz CT molecular complexity index is 1030. The maximum atomic E-state index is 12.5. The normalized spacial score (nSPS) is 14.1. The van der Waals surface area contributed by atoms with Crippen LogP contribution >= 0.6 is 0 Å². The highest BCUT2D eigenvalue weighted by molar-refractivity contribution is 6.21. The number of benzene rings is 2. The van der Waals surface area contributed by atoms with Crippen molar-refractivity contribution in [3.8, 4) is 0 Å². The summed E-state index contributed by atoms with van der Waals surface area (Å²) < 4.78 is 0. The Morgan fingerprint density at radius 3 is 2.46 bits per heavy atom. The molecule has 0 saturated carbocycles. The number of hydrogen-bond donors (Lipinski definition) is 2. The van der Waals surface area contributed by atoms with E-state index in [0.717, 1.165) is 0 Å². The minimum atomic E-state index is -0.338. The van der Waals surface area contributed by atoms with E-state index in [1.807, 2.05) is 0 Å². The lowest BCUT2D eigenvalue weighted by Crippen LogP contribution is -2.30. The summed E-state index contributed by atoms with van der Waals surface area (Å²) in [5.41, 5.74) is 1.93. The highest BCUT2D eigenvalue weighted by Crippen LogP contribution is 2.24. The number of nitrogens with zero attached hydrogens (tertiary/aromatic N) is 3. The monoisotopic (exact) mass is 375 g/mol. The number of aromatic amines is 1. The van der Waals surface area contributed by atoms with Crippen LogP contribution < -0.4 is 5.32 Å². The third kappa shape index (κ3) is 3.16. The van der Waals surface area contributed by atoms with Gasteiger partial charge in [-0.2, -0.15) is 5.10 Å². The lowest BCUT2D eigenvalue weighted by molar-refractivity contribution is 0.0642. The maximum Gasteiger partial charge on any atom is 0.261 e. The molecule has 8 heteroatoms. The lowest BCUT2D eigenvalue weighted by Gasteiger charge is -2.15. The van der Waals surface area contributed by atoms with Gasteiger partial charge in [-0.3, -0.25) is 24.4 Å². The molecule has 1 aliphatic heterocycles. The molecule has 1 aliphatic rings. The Morgan fingerprint density at radius 2 is 1.82 bits per heavy atom. The average Bonchev–Trinajstić information content (AvgIpc) is 3.33. The van der Waals surface area contributed by atoms with E-state index < -0.39 is 0 Å². The van der Waals surface area contributed by atoms with E-state index in [1.165, 1.54) is 11.2 Å². The minimum Gasteiger partial charge on any atom is -0.342 e. The molecule has 2 heterocycles. The van der Waals surface area contributed by atoms with E-state index in [1.54, 1.807) is 55.5 Å². The molecule has 140 valence electrons. The Hall–Kier alpha value is -3.81. The lowest BCUT2D eigenvalue weighted by atomic mass is 10.1. The van der Waals surface area contributed by atoms with E-state index in [4.69, 9.17) is 0 Å². The summed E-state index contributed by atoms with van der Waals surface area (Å²) in [7, 11) is 0. The number of carbonyl (C=O) groups is 3. The van der Waals surface area contributed by atoms with E-state index >= 15 is 0 Å². The van der Waals surface area contributed by atoms with Gasteiger partial charge < -0.3 is 5.32 Å². The minimum absolute atomic E-state index is 0.102. The predicted molar refractivity (Wildman–Crippen MR) is 99.4 cm³/mol. The molecule has 0 saturated heterocycles. The number of nitrogens with one attached hydrogen (secondary N) is 2. The van der Waals surface area contributed by atoms with Crippen molar-refractivity contribution in [2.24, 2.45) is 0 Å². The first-order valence-electron chi connectivity index (χ1n) is 8.75. The van der Waals surface area contributed by atoms with Crippen LogP contribution in [0, 0.1) is 0 Å². The third-order valence-corrected chi connectivity index (χ3v) is 4.60. The number of fused-ring (bicyclic) bond motifs is 1. The quantitative estimate of drug-likeness (QED) is 0.664. The van der Waals surface area contributed by atoms with Gasteiger partial charge in [0.25, 0.3) is 17.7 Å². The fourth-order valence-electron chi connectivity index (χ4n) is 3.15. The molecule has 0 bridgehead atoms. The zero-order valence-corrected chi connectivity index (χ0v) is 15.0. The molecule has 4 rings (SSSR count). The molecular formula is C20H17N5O3. The molecule has 2 aromatic carbocycles. The number of aromatic nitrogens is 3. The van der Waals surface area contributed by atoms with E-state index in [2.05, 4.69) is 20.5 Å². The summed E-state index contributed by atoms with van der Waals surface area (Å²) in [4.78, 5) is 42.8. The third-order valence-electron chi connectivity index (χ3n) is 4.60. The molecule has 0 radical (unpaired) electrons. The van der Waals surface area contributed by atoms with Gasteiger partial charge in [-0.15, -0.1) is 0 Å². The van der Waals surface area contributed by atoms with Crippen LogP contribution in [-0.4, -0.2) is 37.8 Å². The van der Waals surface area contributed by atoms with Gasteiger partial charge in [0.1, 0.15) is 12.2 Å². The zero-order chi connectivity index (χ0) is 19.7. The van der Waals surface area contributed by atoms with Gasteiger partial charge in [0.05, 0.1) is 23.7 Å². The molecular weight excluding hydrogens is 358 g/mol. The van der Waals surface area contributed by atoms with Gasteiger partial charge in [-0.25, -0.2) is 4.98 Å². The van der Waals surface area contributed by atoms with Crippen molar-refractivity contribution in [1.29, 1.82) is 0 Å². The molecule has 3 amide bonds. The van der Waals surface area contributed by atoms with Crippen LogP contribution in [0.3, 0.4) is 0 Å². The van der Waals surface area contributed by atoms with Crippen molar-refractivity contribution in [3.63, 3.8) is 0 Å². The van der Waals surface area contributed by atoms with Gasteiger partial charge in [0.15, 0.2) is 0 Å². The Kier molecular flexibility index (Phi) is 4.44. The molecule has 8 nitrogen and oxygen atoms in total. The number of imide groups is 1. The molecule has 0 spiro atoms. The zero-order valence-electron chi connectivity index (χ0n) is 15.0. The molecule has 0 aliphatic carbocycles. The first-order chi connectivity index (χ1) is 13.5. The van der Waals surface area contributed by atoms with Crippen molar-refractivity contribution in [2.75, 3.05) is 0 Å². The van der Waals surface area contributed by atoms with Crippen LogP contribution in [0.5, 0.6) is 0 Å². The molecule has 1 aromatic heterocycles. The summed E-state index contributed by atoms with van der Waals surface area (Å²) in [6.07, 6.45) is 1.38. The number of carbonyl (C=O) groups excluding carboxylic acids is 3. The van der Waals surface area contributed by atoms with Gasteiger partial charge in [0.2, 0.25) is 0 Å². The van der Waals surface area contributed by atoms with Crippen LogP contribution in [0.25, 0.3) is 0 Å². The Labute approximate surface area is 160 Å². The molecule has 1 unspecified atom stereocenters. The number of amides is 3. The fourth-order valence-corrected chi connectivity index (χ4v) is 3.15. The average molecular weight is 375 g/mol. The second kappa shape index (κ2) is 7.07. The van der Waals surface area contributed by atoms with Crippen LogP contribution in [0.15, 0.2) is 54.9 Å². The highest BCUT2D eigenvalue weighted by Gasteiger charge is 2.35. The first-order valence-corrected chi connectivity index (χ1v) is 8.75. The van der Waals surface area contributed by atoms with Crippen molar-refractivity contribution in [2.45, 2.75) is 19.5 Å². The number of rotatable bonds is 5. The summed E-state index contributed by atoms with van der Waals surface area (Å²) in [5, 5.41) is 9.31. The number of hydrogen-bond acceptors (Lipinski definition) is 5. The summed E-state index contributed by atoms with van der Waals surface area (Å²) >= 11 is 0. The standard InChI is InChI=1S/C20H17N5O3/c1-12(17-21-11-22-24-17)23-18(26)14-6-4-5-13(9-14)10-25-19(27)15-7-2-3-8-16(15)20(25)28/h2-9,11-12H,10H2,1H3,(H,23,26)(H,21,22,24). The van der Waals surface area contributed by atoms with E-state index in [9.17, 15) is 14.4 Å². The second-order valence-corrected chi connectivity index (χ2v) is 6.51. The van der Waals surface area contributed by atoms with Crippen molar-refractivity contribution >= 4 is 17.7 Å². The van der Waals surface area contributed by atoms with Gasteiger partial charge in [-0.1, -0.05) is 24.3 Å². The Balaban J connectivity index is 1.49. The van der Waals surface area contributed by atoms with E-state index in [-0.39, 0.29) is 30.3 Å². The molecule has 2 N–H and O–H groups in total. The van der Waals surface area contributed by atoms with E-state index in [0.29, 0.717) is 28.1 Å². The largest absolute Gasteiger partial charge is 0.342 e. The molecule has 28 heavy (non-hydrogen) atoms. The Morgan fingerprint density at radius 1 is 1.11 bits per heavy atom. The van der Waals surface area contributed by atoms with Gasteiger partial charge >= 0.3 is 0 Å². The van der Waals surface area contributed by atoms with Crippen LogP contribution in [-0.2, 0) is 6.54 Å². The smallest absolute Gasteiger partial charge is 0.261 e. The molecule has 0 fully saturated rings. The molecule has 3 aromatic rings. The van der Waals surface area contributed by atoms with Crippen LogP contribution in [0.2, 0.25) is 0 Å². The predicted octanol–water partition coefficient (Wildman–Crippen LogP) is 2.09. The second-order valence-electron chi connectivity index (χ2n) is 6.51. The maximum absolute atomic E-state index is 12.5. The summed E-state index contributed by atoms with van der Waals surface area (Å²) in [6.45, 7) is 1.90. The van der Waals surface area contributed by atoms with Crippen molar-refractivity contribution in [1.82, 2.24) is 25.4 Å². The summed E-state index contributed by atoms with van der Waals surface area (Å²) in [5.74, 6) is -0.382. The van der Waals surface area contributed by atoms with Gasteiger partial charge in [-0.05, 0) is 36.8 Å². The van der Waals surface area contributed by atoms with Crippen molar-refractivity contribution in [3.05, 3.63) is 82.9 Å². The molecule has 1 atom stereocenters.